The van der Waals surface area contributed by atoms with Crippen molar-refractivity contribution in [2.45, 2.75) is 64.2 Å². The minimum absolute atomic E-state index is 0.193. The van der Waals surface area contributed by atoms with Crippen LogP contribution in [0.3, 0.4) is 0 Å². The molecule has 1 aromatic carbocycles. The molecule has 1 saturated heterocycles. The van der Waals surface area contributed by atoms with Crippen LogP contribution in [0.15, 0.2) is 36.5 Å². The number of carbonyl (C=O) groups excluding carboxylic acids is 1. The van der Waals surface area contributed by atoms with Gasteiger partial charge < -0.3 is 9.80 Å². The van der Waals surface area contributed by atoms with Crippen molar-refractivity contribution in [2.75, 3.05) is 26.2 Å². The molecule has 0 bridgehead atoms. The van der Waals surface area contributed by atoms with Crippen molar-refractivity contribution in [3.63, 3.8) is 0 Å². The molecule has 3 nitrogen and oxygen atoms in total. The first-order chi connectivity index (χ1) is 14.0. The summed E-state index contributed by atoms with van der Waals surface area (Å²) in [7, 11) is 0. The Balaban J connectivity index is 1.17. The zero-order chi connectivity index (χ0) is 20.0. The molecule has 29 heavy (non-hydrogen) atoms. The second-order valence-electron chi connectivity index (χ2n) is 10.4. The lowest BCUT2D eigenvalue weighted by atomic mass is 9.73. The van der Waals surface area contributed by atoms with Gasteiger partial charge in [0.2, 0.25) is 0 Å². The fraction of sp³-hybridized carbons (Fsp3) is 0.654. The summed E-state index contributed by atoms with van der Waals surface area (Å²) in [6, 6.07) is 8.63. The third-order valence-electron chi connectivity index (χ3n) is 8.56. The molecule has 5 rings (SSSR count). The smallest absolute Gasteiger partial charge is 0.253 e. The molecule has 3 saturated carbocycles. The Hall–Kier alpha value is -1.77. The van der Waals surface area contributed by atoms with E-state index in [1.165, 1.54) is 62.6 Å². The van der Waals surface area contributed by atoms with Crippen LogP contribution in [-0.2, 0) is 0 Å². The molecule has 1 aliphatic heterocycles. The lowest BCUT2D eigenvalue weighted by molar-refractivity contribution is 0.0659. The van der Waals surface area contributed by atoms with E-state index in [0.717, 1.165) is 43.6 Å². The number of rotatable bonds is 4. The quantitative estimate of drug-likeness (QED) is 0.681. The second-order valence-corrected chi connectivity index (χ2v) is 10.4. The minimum Gasteiger partial charge on any atom is -0.371 e. The van der Waals surface area contributed by atoms with E-state index >= 15 is 0 Å². The van der Waals surface area contributed by atoms with E-state index in [1.807, 2.05) is 4.90 Å². The van der Waals surface area contributed by atoms with E-state index in [-0.39, 0.29) is 5.91 Å². The van der Waals surface area contributed by atoms with Crippen LogP contribution in [0, 0.1) is 17.3 Å². The summed E-state index contributed by atoms with van der Waals surface area (Å²) < 4.78 is 0. The van der Waals surface area contributed by atoms with Crippen molar-refractivity contribution >= 4 is 5.91 Å². The molecule has 4 aliphatic rings. The summed E-state index contributed by atoms with van der Waals surface area (Å²) in [6.45, 7) is 10.1. The Morgan fingerprint density at radius 2 is 1.59 bits per heavy atom. The number of allylic oxidation sites excluding steroid dienone is 1. The fourth-order valence-electron chi connectivity index (χ4n) is 6.12. The predicted octanol–water partition coefficient (Wildman–Crippen LogP) is 5.44. The van der Waals surface area contributed by atoms with Gasteiger partial charge in [-0.15, -0.1) is 0 Å². The summed E-state index contributed by atoms with van der Waals surface area (Å²) in [5, 5.41) is 0. The zero-order valence-electron chi connectivity index (χ0n) is 18.0. The molecule has 3 aliphatic carbocycles. The van der Waals surface area contributed by atoms with Crippen molar-refractivity contribution in [1.82, 2.24) is 9.80 Å². The number of piperazine rings is 1. The van der Waals surface area contributed by atoms with Gasteiger partial charge in [0.25, 0.3) is 5.91 Å². The topological polar surface area (TPSA) is 23.6 Å². The fourth-order valence-corrected chi connectivity index (χ4v) is 6.12. The van der Waals surface area contributed by atoms with E-state index < -0.39 is 0 Å². The highest BCUT2D eigenvalue weighted by molar-refractivity contribution is 5.94. The Morgan fingerprint density at radius 3 is 2.28 bits per heavy atom. The van der Waals surface area contributed by atoms with E-state index in [1.54, 1.807) is 0 Å². The van der Waals surface area contributed by atoms with Crippen LogP contribution < -0.4 is 0 Å². The molecule has 3 atom stereocenters. The molecule has 156 valence electrons. The van der Waals surface area contributed by atoms with Gasteiger partial charge in [-0.05, 0) is 67.6 Å². The molecule has 0 aromatic heterocycles. The van der Waals surface area contributed by atoms with Gasteiger partial charge in [-0.25, -0.2) is 0 Å². The lowest BCUT2D eigenvalue weighted by Crippen LogP contribution is -2.48. The first-order valence-corrected chi connectivity index (χ1v) is 11.9. The summed E-state index contributed by atoms with van der Waals surface area (Å²) >= 11 is 0. The number of hydrogen-bond acceptors (Lipinski definition) is 2. The maximum Gasteiger partial charge on any atom is 0.253 e. The van der Waals surface area contributed by atoms with Gasteiger partial charge in [0.1, 0.15) is 0 Å². The monoisotopic (exact) mass is 392 g/mol. The van der Waals surface area contributed by atoms with Crippen molar-refractivity contribution in [2.24, 2.45) is 17.3 Å². The Bertz CT molecular complexity index is 770. The van der Waals surface area contributed by atoms with Crippen LogP contribution in [0.25, 0.3) is 0 Å². The van der Waals surface area contributed by atoms with Gasteiger partial charge >= 0.3 is 0 Å². The van der Waals surface area contributed by atoms with E-state index in [0.29, 0.717) is 11.3 Å². The number of hydrogen-bond donors (Lipinski definition) is 0. The van der Waals surface area contributed by atoms with Crippen LogP contribution >= 0.6 is 0 Å². The largest absolute Gasteiger partial charge is 0.371 e. The molecule has 1 amide bonds. The highest BCUT2D eigenvalue weighted by Crippen LogP contribution is 2.51. The van der Waals surface area contributed by atoms with Gasteiger partial charge in [0, 0.05) is 42.9 Å². The van der Waals surface area contributed by atoms with Gasteiger partial charge in [0.15, 0.2) is 0 Å². The highest BCUT2D eigenvalue weighted by atomic mass is 16.2. The first-order valence-electron chi connectivity index (χ1n) is 11.9. The number of amides is 1. The summed E-state index contributed by atoms with van der Waals surface area (Å²) in [5.41, 5.74) is 3.92. The Labute approximate surface area is 176 Å². The number of carbonyl (C=O) groups is 1. The van der Waals surface area contributed by atoms with Crippen LogP contribution in [0.1, 0.15) is 80.1 Å². The molecule has 4 fully saturated rings. The average Bonchev–Trinajstić information content (AvgIpc) is 3.34. The van der Waals surface area contributed by atoms with E-state index in [2.05, 4.69) is 42.7 Å². The standard InChI is InChI=1S/C26H36N2O/c1-19(26(2)12-13-26)27-14-16-28(17-15-27)25(29)22-9-6-21(7-10-22)24-11-8-20-4-3-5-23(20)18-24/h6-7,9-10,20,23-24H,1,3-5,8,11-18H2,2H3. The molecular weight excluding hydrogens is 356 g/mol. The Morgan fingerprint density at radius 1 is 0.931 bits per heavy atom. The maximum absolute atomic E-state index is 13.0. The SMILES string of the molecule is C=C(N1CCN(C(=O)c2ccc(C3CCC4CCCC4C3)cc2)CC1)C1(C)CC1. The summed E-state index contributed by atoms with van der Waals surface area (Å²) in [5.74, 6) is 2.86. The minimum atomic E-state index is 0.193. The van der Waals surface area contributed by atoms with Gasteiger partial charge in [0.05, 0.1) is 0 Å². The van der Waals surface area contributed by atoms with Gasteiger partial charge in [-0.1, -0.05) is 44.9 Å². The third-order valence-corrected chi connectivity index (χ3v) is 8.56. The van der Waals surface area contributed by atoms with E-state index in [4.69, 9.17) is 0 Å². The molecular formula is C26H36N2O. The van der Waals surface area contributed by atoms with Crippen LogP contribution in [-0.4, -0.2) is 41.9 Å². The number of benzene rings is 1. The number of nitrogens with zero attached hydrogens (tertiary/aromatic N) is 2. The van der Waals surface area contributed by atoms with Crippen molar-refractivity contribution in [1.29, 1.82) is 0 Å². The lowest BCUT2D eigenvalue weighted by Gasteiger charge is -2.39. The number of fused-ring (bicyclic) bond motifs is 1. The molecule has 1 aromatic rings. The molecule has 3 unspecified atom stereocenters. The molecule has 0 N–H and O–H groups in total. The van der Waals surface area contributed by atoms with Crippen LogP contribution in [0.4, 0.5) is 0 Å². The molecule has 3 heteroatoms. The van der Waals surface area contributed by atoms with Crippen LogP contribution in [0.5, 0.6) is 0 Å². The van der Waals surface area contributed by atoms with Crippen molar-refractivity contribution < 1.29 is 4.79 Å². The molecule has 0 radical (unpaired) electrons. The second kappa shape index (κ2) is 7.49. The average molecular weight is 393 g/mol. The third kappa shape index (κ3) is 3.73. The van der Waals surface area contributed by atoms with Crippen molar-refractivity contribution in [3.05, 3.63) is 47.7 Å². The predicted molar refractivity (Wildman–Crippen MR) is 118 cm³/mol. The maximum atomic E-state index is 13.0. The summed E-state index contributed by atoms with van der Waals surface area (Å²) in [4.78, 5) is 17.4. The van der Waals surface area contributed by atoms with Crippen molar-refractivity contribution in [3.8, 4) is 0 Å². The normalized spacial score (nSPS) is 30.7. The van der Waals surface area contributed by atoms with Crippen LogP contribution in [0.2, 0.25) is 0 Å². The highest BCUT2D eigenvalue weighted by Gasteiger charge is 2.43. The summed E-state index contributed by atoms with van der Waals surface area (Å²) in [6.07, 6.45) is 11.0. The zero-order valence-corrected chi connectivity index (χ0v) is 18.0. The van der Waals surface area contributed by atoms with Gasteiger partial charge in [-0.2, -0.15) is 0 Å². The van der Waals surface area contributed by atoms with E-state index in [9.17, 15) is 4.79 Å². The Kier molecular flexibility index (Phi) is 4.96. The van der Waals surface area contributed by atoms with Gasteiger partial charge in [-0.3, -0.25) is 4.79 Å². The molecule has 0 spiro atoms. The molecule has 1 heterocycles. The first kappa shape index (κ1) is 19.2.